The van der Waals surface area contributed by atoms with E-state index < -0.39 is 0 Å². The predicted octanol–water partition coefficient (Wildman–Crippen LogP) is 2.94. The summed E-state index contributed by atoms with van der Waals surface area (Å²) in [5, 5.41) is 7.49. The van der Waals surface area contributed by atoms with Gasteiger partial charge in [-0.3, -0.25) is 4.79 Å². The molecule has 2 aromatic carbocycles. The molecule has 2 N–H and O–H groups in total. The third-order valence-electron chi connectivity index (χ3n) is 4.34. The number of hydrogen-bond acceptors (Lipinski definition) is 6. The van der Waals surface area contributed by atoms with E-state index >= 15 is 0 Å². The van der Waals surface area contributed by atoms with E-state index in [2.05, 4.69) is 15.8 Å². The van der Waals surface area contributed by atoms with Crippen LogP contribution in [0.1, 0.15) is 24.0 Å². The molecule has 0 saturated heterocycles. The molecule has 0 fully saturated rings. The molecule has 0 bridgehead atoms. The fraction of sp³-hybridized carbons (Fsp3) is 0.300. The van der Waals surface area contributed by atoms with E-state index in [4.69, 9.17) is 14.2 Å². The molecule has 0 unspecified atom stereocenters. The second kappa shape index (κ2) is 8.44. The number of hydrogen-bond donors (Lipinski definition) is 2. The molecule has 142 valence electrons. The van der Waals surface area contributed by atoms with E-state index in [1.54, 1.807) is 21.3 Å². The summed E-state index contributed by atoms with van der Waals surface area (Å²) >= 11 is 0. The standard InChI is InChI=1S/C20H23N3O4/c1-25-17-10-13(11-18(26-2)20(17)27-3)12-21-15-6-4-14(5-7-15)16-8-9-19(24)23-22-16/h4-7,10-11,21H,8-9,12H2,1-3H3,(H,23,24). The molecule has 1 aliphatic heterocycles. The molecule has 7 nitrogen and oxygen atoms in total. The van der Waals surface area contributed by atoms with Gasteiger partial charge in [-0.15, -0.1) is 0 Å². The molecular formula is C20H23N3O4. The van der Waals surface area contributed by atoms with Crippen LogP contribution in [-0.2, 0) is 11.3 Å². The average molecular weight is 369 g/mol. The van der Waals surface area contributed by atoms with Crippen molar-refractivity contribution in [1.82, 2.24) is 5.43 Å². The highest BCUT2D eigenvalue weighted by atomic mass is 16.5. The van der Waals surface area contributed by atoms with Crippen LogP contribution in [0, 0.1) is 0 Å². The number of carbonyl (C=O) groups is 1. The zero-order valence-corrected chi connectivity index (χ0v) is 15.7. The van der Waals surface area contributed by atoms with Crippen molar-refractivity contribution in [2.75, 3.05) is 26.6 Å². The zero-order chi connectivity index (χ0) is 19.2. The first-order chi connectivity index (χ1) is 13.1. The van der Waals surface area contributed by atoms with Crippen molar-refractivity contribution in [2.24, 2.45) is 5.10 Å². The normalized spacial score (nSPS) is 13.4. The first kappa shape index (κ1) is 18.6. The third kappa shape index (κ3) is 4.31. The number of benzene rings is 2. The Balaban J connectivity index is 1.69. The van der Waals surface area contributed by atoms with Crippen LogP contribution in [-0.4, -0.2) is 32.9 Å². The Bertz CT molecular complexity index is 822. The van der Waals surface area contributed by atoms with Crippen molar-refractivity contribution < 1.29 is 19.0 Å². The maximum absolute atomic E-state index is 11.2. The summed E-state index contributed by atoms with van der Waals surface area (Å²) < 4.78 is 16.1. The van der Waals surface area contributed by atoms with Crippen molar-refractivity contribution in [3.63, 3.8) is 0 Å². The number of methoxy groups -OCH3 is 3. The quantitative estimate of drug-likeness (QED) is 0.784. The summed E-state index contributed by atoms with van der Waals surface area (Å²) in [7, 11) is 4.79. The molecule has 0 atom stereocenters. The van der Waals surface area contributed by atoms with E-state index in [0.717, 1.165) is 22.5 Å². The largest absolute Gasteiger partial charge is 0.493 e. The van der Waals surface area contributed by atoms with Gasteiger partial charge in [0.1, 0.15) is 0 Å². The Hall–Kier alpha value is -3.22. The third-order valence-corrected chi connectivity index (χ3v) is 4.34. The lowest BCUT2D eigenvalue weighted by Gasteiger charge is -2.15. The second-order valence-electron chi connectivity index (χ2n) is 6.06. The fourth-order valence-electron chi connectivity index (χ4n) is 2.90. The highest BCUT2D eigenvalue weighted by Gasteiger charge is 2.14. The SMILES string of the molecule is COc1cc(CNc2ccc(C3=NNC(=O)CC3)cc2)cc(OC)c1OC. The van der Waals surface area contributed by atoms with Crippen LogP contribution in [0.25, 0.3) is 0 Å². The van der Waals surface area contributed by atoms with Crippen molar-refractivity contribution in [2.45, 2.75) is 19.4 Å². The first-order valence-corrected chi connectivity index (χ1v) is 8.63. The summed E-state index contributed by atoms with van der Waals surface area (Å²) in [5.41, 5.74) is 6.41. The molecule has 7 heteroatoms. The monoisotopic (exact) mass is 369 g/mol. The molecule has 3 rings (SSSR count). The lowest BCUT2D eigenvalue weighted by atomic mass is 10.0. The average Bonchev–Trinajstić information content (AvgIpc) is 2.72. The van der Waals surface area contributed by atoms with E-state index in [-0.39, 0.29) is 5.91 Å². The smallest absolute Gasteiger partial charge is 0.240 e. The molecule has 1 amide bonds. The molecule has 0 aromatic heterocycles. The van der Waals surface area contributed by atoms with Gasteiger partial charge in [-0.1, -0.05) is 12.1 Å². The van der Waals surface area contributed by atoms with Crippen LogP contribution in [0.4, 0.5) is 5.69 Å². The molecule has 0 radical (unpaired) electrons. The predicted molar refractivity (Wildman–Crippen MR) is 104 cm³/mol. The van der Waals surface area contributed by atoms with Gasteiger partial charge >= 0.3 is 0 Å². The molecular weight excluding hydrogens is 346 g/mol. The molecule has 1 heterocycles. The number of hydrazone groups is 1. The Morgan fingerprint density at radius 3 is 2.19 bits per heavy atom. The lowest BCUT2D eigenvalue weighted by molar-refractivity contribution is -0.121. The minimum atomic E-state index is -0.0395. The number of carbonyl (C=O) groups excluding carboxylic acids is 1. The Morgan fingerprint density at radius 1 is 1.00 bits per heavy atom. The van der Waals surface area contributed by atoms with Gasteiger partial charge in [0, 0.05) is 25.1 Å². The number of rotatable bonds is 7. The van der Waals surface area contributed by atoms with Crippen molar-refractivity contribution in [3.05, 3.63) is 47.5 Å². The van der Waals surface area contributed by atoms with Gasteiger partial charge in [-0.05, 0) is 35.4 Å². The van der Waals surface area contributed by atoms with Crippen molar-refractivity contribution >= 4 is 17.3 Å². The van der Waals surface area contributed by atoms with Gasteiger partial charge in [0.05, 0.1) is 27.0 Å². The van der Waals surface area contributed by atoms with Gasteiger partial charge in [0.2, 0.25) is 11.7 Å². The number of amides is 1. The van der Waals surface area contributed by atoms with Crippen LogP contribution < -0.4 is 25.0 Å². The molecule has 0 aliphatic carbocycles. The molecule has 2 aromatic rings. The molecule has 0 spiro atoms. The van der Waals surface area contributed by atoms with Gasteiger partial charge in [-0.2, -0.15) is 5.10 Å². The zero-order valence-electron chi connectivity index (χ0n) is 15.7. The van der Waals surface area contributed by atoms with E-state index in [1.165, 1.54) is 0 Å². The number of nitrogens with zero attached hydrogens (tertiary/aromatic N) is 1. The van der Waals surface area contributed by atoms with E-state index in [9.17, 15) is 4.79 Å². The minimum Gasteiger partial charge on any atom is -0.493 e. The van der Waals surface area contributed by atoms with Crippen LogP contribution in [0.3, 0.4) is 0 Å². The highest BCUT2D eigenvalue weighted by molar-refractivity contribution is 6.04. The number of nitrogens with one attached hydrogen (secondary N) is 2. The lowest BCUT2D eigenvalue weighted by Crippen LogP contribution is -2.25. The Morgan fingerprint density at radius 2 is 1.67 bits per heavy atom. The van der Waals surface area contributed by atoms with Crippen LogP contribution in [0.15, 0.2) is 41.5 Å². The topological polar surface area (TPSA) is 81.2 Å². The summed E-state index contributed by atoms with van der Waals surface area (Å²) in [4.78, 5) is 11.2. The van der Waals surface area contributed by atoms with Crippen molar-refractivity contribution in [3.8, 4) is 17.2 Å². The minimum absolute atomic E-state index is 0.0395. The van der Waals surface area contributed by atoms with E-state index in [0.29, 0.717) is 36.6 Å². The number of anilines is 1. The van der Waals surface area contributed by atoms with Crippen LogP contribution >= 0.6 is 0 Å². The summed E-state index contributed by atoms with van der Waals surface area (Å²) in [6.07, 6.45) is 1.13. The van der Waals surface area contributed by atoms with Crippen molar-refractivity contribution in [1.29, 1.82) is 0 Å². The first-order valence-electron chi connectivity index (χ1n) is 8.63. The van der Waals surface area contributed by atoms with Gasteiger partial charge in [0.25, 0.3) is 0 Å². The number of ether oxygens (including phenoxy) is 3. The summed E-state index contributed by atoms with van der Waals surface area (Å²) in [6, 6.07) is 11.8. The fourth-order valence-corrected chi connectivity index (χ4v) is 2.90. The Labute approximate surface area is 158 Å². The van der Waals surface area contributed by atoms with Gasteiger partial charge in [0.15, 0.2) is 11.5 Å². The molecule has 27 heavy (non-hydrogen) atoms. The maximum atomic E-state index is 11.2. The molecule has 1 aliphatic rings. The van der Waals surface area contributed by atoms with E-state index in [1.807, 2.05) is 36.4 Å². The van der Waals surface area contributed by atoms with Gasteiger partial charge < -0.3 is 19.5 Å². The molecule has 0 saturated carbocycles. The summed E-state index contributed by atoms with van der Waals surface area (Å²) in [5.74, 6) is 1.79. The van der Waals surface area contributed by atoms with Crippen LogP contribution in [0.5, 0.6) is 17.2 Å². The second-order valence-corrected chi connectivity index (χ2v) is 6.06. The highest BCUT2D eigenvalue weighted by Crippen LogP contribution is 2.38. The maximum Gasteiger partial charge on any atom is 0.240 e. The van der Waals surface area contributed by atoms with Crippen LogP contribution in [0.2, 0.25) is 0 Å². The van der Waals surface area contributed by atoms with Gasteiger partial charge in [-0.25, -0.2) is 5.43 Å². The summed E-state index contributed by atoms with van der Waals surface area (Å²) in [6.45, 7) is 0.604. The Kier molecular flexibility index (Phi) is 5.80.